The maximum atomic E-state index is 13.4. The van der Waals surface area contributed by atoms with E-state index in [4.69, 9.17) is 33.7 Å². The van der Waals surface area contributed by atoms with Crippen LogP contribution in [0.1, 0.15) is 13.8 Å². The number of benzene rings is 2. The molecule has 2 aromatic carbocycles. The van der Waals surface area contributed by atoms with Crippen molar-refractivity contribution in [3.63, 3.8) is 0 Å². The van der Waals surface area contributed by atoms with Gasteiger partial charge in [0, 0.05) is 17.4 Å². The number of hydrogen-bond acceptors (Lipinski definition) is 3. The van der Waals surface area contributed by atoms with Crippen LogP contribution >= 0.6 is 23.2 Å². The van der Waals surface area contributed by atoms with Gasteiger partial charge in [0.2, 0.25) is 0 Å². The maximum Gasteiger partial charge on any atom is 0.160 e. The largest absolute Gasteiger partial charge is 0.489 e. The minimum atomic E-state index is -0.634. The number of nitrogens with two attached hydrogens (primary N) is 1. The van der Waals surface area contributed by atoms with Gasteiger partial charge in [-0.3, -0.25) is 0 Å². The molecule has 0 saturated heterocycles. The first-order chi connectivity index (χ1) is 9.86. The smallest absolute Gasteiger partial charge is 0.160 e. The van der Waals surface area contributed by atoms with E-state index < -0.39 is 5.82 Å². The fourth-order valence-electron chi connectivity index (χ4n) is 1.76. The highest BCUT2D eigenvalue weighted by Crippen LogP contribution is 2.31. The van der Waals surface area contributed by atoms with E-state index in [2.05, 4.69) is 5.32 Å². The van der Waals surface area contributed by atoms with Gasteiger partial charge < -0.3 is 15.8 Å². The van der Waals surface area contributed by atoms with Gasteiger partial charge in [0.05, 0.1) is 21.8 Å². The van der Waals surface area contributed by atoms with E-state index in [1.807, 2.05) is 13.8 Å². The Morgan fingerprint density at radius 1 is 1.10 bits per heavy atom. The number of nitrogens with one attached hydrogen (secondary N) is 1. The van der Waals surface area contributed by atoms with Crippen LogP contribution in [0.2, 0.25) is 10.0 Å². The monoisotopic (exact) mass is 328 g/mol. The van der Waals surface area contributed by atoms with Gasteiger partial charge in [-0.1, -0.05) is 23.2 Å². The Morgan fingerprint density at radius 2 is 1.71 bits per heavy atom. The van der Waals surface area contributed by atoms with E-state index >= 15 is 0 Å². The summed E-state index contributed by atoms with van der Waals surface area (Å²) in [4.78, 5) is 0. The molecule has 0 unspecified atom stereocenters. The van der Waals surface area contributed by atoms with Gasteiger partial charge in [0.25, 0.3) is 0 Å². The SMILES string of the molecule is CC(C)Oc1cc(Nc2cc(Cl)c(F)c(Cl)c2)ccc1N. The molecule has 0 amide bonds. The van der Waals surface area contributed by atoms with Crippen LogP contribution in [0.5, 0.6) is 5.75 Å². The van der Waals surface area contributed by atoms with Crippen LogP contribution in [0.3, 0.4) is 0 Å². The molecule has 0 aliphatic rings. The first-order valence-corrected chi connectivity index (χ1v) is 7.10. The van der Waals surface area contributed by atoms with Crippen LogP contribution in [0.25, 0.3) is 0 Å². The van der Waals surface area contributed by atoms with Crippen molar-refractivity contribution in [3.05, 3.63) is 46.2 Å². The molecule has 3 N–H and O–H groups in total. The van der Waals surface area contributed by atoms with Crippen molar-refractivity contribution in [2.75, 3.05) is 11.1 Å². The van der Waals surface area contributed by atoms with Crippen molar-refractivity contribution in [3.8, 4) is 5.75 Å². The summed E-state index contributed by atoms with van der Waals surface area (Å²) in [5, 5.41) is 3.00. The summed E-state index contributed by atoms with van der Waals surface area (Å²) in [5.74, 6) is -0.0562. The summed E-state index contributed by atoms with van der Waals surface area (Å²) in [7, 11) is 0. The summed E-state index contributed by atoms with van der Waals surface area (Å²) in [6.45, 7) is 3.83. The van der Waals surface area contributed by atoms with Crippen LogP contribution in [0.4, 0.5) is 21.5 Å². The number of halogens is 3. The van der Waals surface area contributed by atoms with Gasteiger partial charge in [0.15, 0.2) is 5.82 Å². The molecule has 0 atom stereocenters. The predicted octanol–water partition coefficient (Wildman–Crippen LogP) is 5.25. The third-order valence-electron chi connectivity index (χ3n) is 2.65. The number of ether oxygens (including phenoxy) is 1. The van der Waals surface area contributed by atoms with E-state index in [0.717, 1.165) is 5.69 Å². The van der Waals surface area contributed by atoms with Gasteiger partial charge in [0.1, 0.15) is 5.75 Å². The molecule has 0 saturated carbocycles. The van der Waals surface area contributed by atoms with E-state index in [-0.39, 0.29) is 16.1 Å². The van der Waals surface area contributed by atoms with Gasteiger partial charge in [-0.2, -0.15) is 0 Å². The van der Waals surface area contributed by atoms with Crippen LogP contribution in [-0.2, 0) is 0 Å². The quantitative estimate of drug-likeness (QED) is 0.595. The Balaban J connectivity index is 2.27. The van der Waals surface area contributed by atoms with Crippen molar-refractivity contribution in [2.24, 2.45) is 0 Å². The van der Waals surface area contributed by atoms with Gasteiger partial charge in [-0.05, 0) is 38.1 Å². The van der Waals surface area contributed by atoms with Crippen molar-refractivity contribution in [1.29, 1.82) is 0 Å². The van der Waals surface area contributed by atoms with E-state index in [0.29, 0.717) is 17.1 Å². The normalized spacial score (nSPS) is 10.8. The third-order valence-corrected chi connectivity index (χ3v) is 3.20. The lowest BCUT2D eigenvalue weighted by atomic mass is 10.2. The molecule has 112 valence electrons. The zero-order valence-electron chi connectivity index (χ0n) is 11.6. The third kappa shape index (κ3) is 3.93. The minimum Gasteiger partial charge on any atom is -0.489 e. The van der Waals surface area contributed by atoms with Crippen LogP contribution in [0, 0.1) is 5.82 Å². The van der Waals surface area contributed by atoms with Crippen molar-refractivity contribution in [1.82, 2.24) is 0 Å². The standard InChI is InChI=1S/C15H15Cl2FN2O/c1-8(2)21-14-7-9(3-4-13(14)19)20-10-5-11(16)15(18)12(17)6-10/h3-8,20H,19H2,1-2H3. The fourth-order valence-corrected chi connectivity index (χ4v) is 2.25. The number of hydrogen-bond donors (Lipinski definition) is 2. The average molecular weight is 329 g/mol. The molecule has 6 heteroatoms. The summed E-state index contributed by atoms with van der Waals surface area (Å²) < 4.78 is 19.0. The highest BCUT2D eigenvalue weighted by atomic mass is 35.5. The Labute approximate surface area is 132 Å². The topological polar surface area (TPSA) is 47.3 Å². The summed E-state index contributed by atoms with van der Waals surface area (Å²) in [6.07, 6.45) is 0.0114. The fraction of sp³-hybridized carbons (Fsp3) is 0.200. The van der Waals surface area contributed by atoms with E-state index in [1.54, 1.807) is 18.2 Å². The zero-order valence-corrected chi connectivity index (χ0v) is 13.1. The number of anilines is 3. The maximum absolute atomic E-state index is 13.4. The predicted molar refractivity (Wildman–Crippen MR) is 86.3 cm³/mol. The zero-order chi connectivity index (χ0) is 15.6. The first-order valence-electron chi connectivity index (χ1n) is 6.34. The van der Waals surface area contributed by atoms with Crippen LogP contribution < -0.4 is 15.8 Å². The molecule has 0 bridgehead atoms. The Hall–Kier alpha value is -1.65. The van der Waals surface area contributed by atoms with Gasteiger partial charge >= 0.3 is 0 Å². The number of rotatable bonds is 4. The summed E-state index contributed by atoms with van der Waals surface area (Å²) in [6, 6.07) is 8.20. The molecule has 0 heterocycles. The molecule has 0 aliphatic carbocycles. The molecule has 3 nitrogen and oxygen atoms in total. The molecule has 0 radical (unpaired) electrons. The Kier molecular flexibility index (Phi) is 4.80. The average Bonchev–Trinajstić information content (AvgIpc) is 2.39. The Morgan fingerprint density at radius 3 is 2.29 bits per heavy atom. The molecule has 0 aliphatic heterocycles. The van der Waals surface area contributed by atoms with E-state index in [1.165, 1.54) is 12.1 Å². The lowest BCUT2D eigenvalue weighted by molar-refractivity contribution is 0.244. The summed E-state index contributed by atoms with van der Waals surface area (Å²) in [5.41, 5.74) is 7.71. The lowest BCUT2D eigenvalue weighted by Gasteiger charge is -2.14. The van der Waals surface area contributed by atoms with Gasteiger partial charge in [-0.15, -0.1) is 0 Å². The van der Waals surface area contributed by atoms with E-state index in [9.17, 15) is 4.39 Å². The van der Waals surface area contributed by atoms with Crippen LogP contribution in [-0.4, -0.2) is 6.10 Å². The van der Waals surface area contributed by atoms with Crippen molar-refractivity contribution < 1.29 is 9.13 Å². The highest BCUT2D eigenvalue weighted by Gasteiger charge is 2.09. The molecule has 0 spiro atoms. The molecule has 0 aromatic heterocycles. The van der Waals surface area contributed by atoms with Crippen molar-refractivity contribution >= 4 is 40.3 Å². The highest BCUT2D eigenvalue weighted by molar-refractivity contribution is 6.35. The second kappa shape index (κ2) is 6.41. The second-order valence-corrected chi connectivity index (χ2v) is 5.61. The molecule has 2 rings (SSSR count). The molecular formula is C15H15Cl2FN2O. The molecule has 21 heavy (non-hydrogen) atoms. The second-order valence-electron chi connectivity index (χ2n) is 4.80. The van der Waals surface area contributed by atoms with Gasteiger partial charge in [-0.25, -0.2) is 4.39 Å². The molecule has 0 fully saturated rings. The van der Waals surface area contributed by atoms with Crippen molar-refractivity contribution in [2.45, 2.75) is 20.0 Å². The summed E-state index contributed by atoms with van der Waals surface area (Å²) >= 11 is 11.5. The Bertz CT molecular complexity index is 639. The molecular weight excluding hydrogens is 314 g/mol. The molecule has 2 aromatic rings. The lowest BCUT2D eigenvalue weighted by Crippen LogP contribution is -2.07. The van der Waals surface area contributed by atoms with Crippen LogP contribution in [0.15, 0.2) is 30.3 Å². The first kappa shape index (κ1) is 15.7. The number of nitrogen functional groups attached to an aromatic ring is 1. The minimum absolute atomic E-state index is 0.0114.